The number of nitrogens with zero attached hydrogens (tertiary/aromatic N) is 7. The Labute approximate surface area is 164 Å². The van der Waals surface area contributed by atoms with Crippen LogP contribution >= 0.6 is 0 Å². The number of hydrogen-bond acceptors (Lipinski definition) is 6. The highest BCUT2D eigenvalue weighted by Gasteiger charge is 2.23. The molecule has 2 aromatic heterocycles. The first-order chi connectivity index (χ1) is 13.5. The summed E-state index contributed by atoms with van der Waals surface area (Å²) in [7, 11) is 3.95. The molecule has 1 aromatic carbocycles. The molecule has 0 radical (unpaired) electrons. The SMILES string of the molecule is Cc1nc(N(C)C)cc(N2CCN(C(=O)Cn3cnc4ccccc43)CC2)n1. The van der Waals surface area contributed by atoms with Gasteiger partial charge in [-0.1, -0.05) is 12.1 Å². The first-order valence-corrected chi connectivity index (χ1v) is 9.47. The van der Waals surface area contributed by atoms with Crippen molar-refractivity contribution in [3.63, 3.8) is 0 Å². The quantitative estimate of drug-likeness (QED) is 0.685. The van der Waals surface area contributed by atoms with E-state index in [1.54, 1.807) is 6.33 Å². The molecule has 28 heavy (non-hydrogen) atoms. The summed E-state index contributed by atoms with van der Waals surface area (Å²) in [5.74, 6) is 2.69. The van der Waals surface area contributed by atoms with E-state index in [0.29, 0.717) is 19.6 Å². The molecule has 8 heteroatoms. The summed E-state index contributed by atoms with van der Waals surface area (Å²) >= 11 is 0. The molecule has 1 amide bonds. The van der Waals surface area contributed by atoms with Crippen LogP contribution in [0.4, 0.5) is 11.6 Å². The molecule has 0 bridgehead atoms. The van der Waals surface area contributed by atoms with Crippen LogP contribution in [0.3, 0.4) is 0 Å². The minimum absolute atomic E-state index is 0.121. The second-order valence-corrected chi connectivity index (χ2v) is 7.26. The van der Waals surface area contributed by atoms with Gasteiger partial charge in [0.2, 0.25) is 5.91 Å². The lowest BCUT2D eigenvalue weighted by atomic mass is 10.3. The van der Waals surface area contributed by atoms with Gasteiger partial charge in [0.25, 0.3) is 0 Å². The van der Waals surface area contributed by atoms with Gasteiger partial charge in [-0.05, 0) is 19.1 Å². The minimum Gasteiger partial charge on any atom is -0.363 e. The molecule has 0 N–H and O–H groups in total. The van der Waals surface area contributed by atoms with Gasteiger partial charge < -0.3 is 19.3 Å². The molecule has 0 spiro atoms. The fraction of sp³-hybridized carbons (Fsp3) is 0.400. The molecule has 3 aromatic rings. The van der Waals surface area contributed by atoms with Gasteiger partial charge in [-0.15, -0.1) is 0 Å². The van der Waals surface area contributed by atoms with Crippen LogP contribution < -0.4 is 9.80 Å². The number of aromatic nitrogens is 4. The zero-order valence-corrected chi connectivity index (χ0v) is 16.5. The largest absolute Gasteiger partial charge is 0.363 e. The van der Waals surface area contributed by atoms with Crippen molar-refractivity contribution >= 4 is 28.6 Å². The standard InChI is InChI=1S/C20H25N7O/c1-15-22-18(24(2)3)12-19(23-15)25-8-10-26(11-9-25)20(28)13-27-14-21-16-6-4-5-7-17(16)27/h4-7,12,14H,8-11,13H2,1-3H3. The fourth-order valence-corrected chi connectivity index (χ4v) is 3.49. The fourth-order valence-electron chi connectivity index (χ4n) is 3.49. The molecule has 3 heterocycles. The lowest BCUT2D eigenvalue weighted by Gasteiger charge is -2.35. The van der Waals surface area contributed by atoms with Crippen LogP contribution in [0.5, 0.6) is 0 Å². The third kappa shape index (κ3) is 3.62. The molecular formula is C20H25N7O. The Morgan fingerprint density at radius 2 is 1.86 bits per heavy atom. The first-order valence-electron chi connectivity index (χ1n) is 9.47. The normalized spacial score (nSPS) is 14.5. The van der Waals surface area contributed by atoms with E-state index in [1.807, 2.05) is 65.7 Å². The number of carbonyl (C=O) groups excluding carboxylic acids is 1. The van der Waals surface area contributed by atoms with E-state index < -0.39 is 0 Å². The molecule has 1 aliphatic heterocycles. The molecule has 1 saturated heterocycles. The number of aryl methyl sites for hydroxylation is 1. The molecule has 1 aliphatic rings. The van der Waals surface area contributed by atoms with Crippen molar-refractivity contribution < 1.29 is 4.79 Å². The maximum absolute atomic E-state index is 12.8. The Morgan fingerprint density at radius 1 is 1.11 bits per heavy atom. The number of para-hydroxylation sites is 2. The molecule has 1 fully saturated rings. The lowest BCUT2D eigenvalue weighted by Crippen LogP contribution is -2.49. The number of piperazine rings is 1. The zero-order chi connectivity index (χ0) is 19.7. The van der Waals surface area contributed by atoms with E-state index in [4.69, 9.17) is 0 Å². The Kier molecular flexibility index (Phi) is 4.85. The maximum Gasteiger partial charge on any atom is 0.242 e. The van der Waals surface area contributed by atoms with E-state index in [9.17, 15) is 4.79 Å². The van der Waals surface area contributed by atoms with E-state index in [0.717, 1.165) is 41.6 Å². The van der Waals surface area contributed by atoms with E-state index in [-0.39, 0.29) is 5.91 Å². The van der Waals surface area contributed by atoms with Gasteiger partial charge in [0.1, 0.15) is 24.0 Å². The van der Waals surface area contributed by atoms with Gasteiger partial charge in [0.05, 0.1) is 17.4 Å². The minimum atomic E-state index is 0.121. The highest BCUT2D eigenvalue weighted by Crippen LogP contribution is 2.19. The molecule has 0 atom stereocenters. The third-order valence-corrected chi connectivity index (χ3v) is 5.06. The van der Waals surface area contributed by atoms with Gasteiger partial charge in [-0.3, -0.25) is 4.79 Å². The van der Waals surface area contributed by atoms with Gasteiger partial charge in [0, 0.05) is 46.3 Å². The number of carbonyl (C=O) groups is 1. The monoisotopic (exact) mass is 379 g/mol. The van der Waals surface area contributed by atoms with Crippen molar-refractivity contribution in [2.24, 2.45) is 0 Å². The smallest absolute Gasteiger partial charge is 0.242 e. The van der Waals surface area contributed by atoms with Gasteiger partial charge in [-0.2, -0.15) is 0 Å². The van der Waals surface area contributed by atoms with Crippen LogP contribution in [0.25, 0.3) is 11.0 Å². The Balaban J connectivity index is 1.41. The number of imidazole rings is 1. The number of amides is 1. The number of benzene rings is 1. The summed E-state index contributed by atoms with van der Waals surface area (Å²) in [6.07, 6.45) is 1.74. The topological polar surface area (TPSA) is 70.4 Å². The lowest BCUT2D eigenvalue weighted by molar-refractivity contribution is -0.132. The van der Waals surface area contributed by atoms with Crippen LogP contribution in [-0.2, 0) is 11.3 Å². The second-order valence-electron chi connectivity index (χ2n) is 7.26. The van der Waals surface area contributed by atoms with E-state index in [1.165, 1.54) is 0 Å². The summed E-state index contributed by atoms with van der Waals surface area (Å²) in [5, 5.41) is 0. The van der Waals surface area contributed by atoms with Crippen molar-refractivity contribution in [1.82, 2.24) is 24.4 Å². The molecule has 8 nitrogen and oxygen atoms in total. The molecule has 0 unspecified atom stereocenters. The number of rotatable bonds is 4. The van der Waals surface area contributed by atoms with E-state index in [2.05, 4.69) is 19.9 Å². The predicted octanol–water partition coefficient (Wildman–Crippen LogP) is 1.55. The number of fused-ring (bicyclic) bond motifs is 1. The average molecular weight is 379 g/mol. The van der Waals surface area contributed by atoms with Gasteiger partial charge in [-0.25, -0.2) is 15.0 Å². The summed E-state index contributed by atoms with van der Waals surface area (Å²) in [6.45, 7) is 5.13. The molecule has 0 saturated carbocycles. The number of anilines is 2. The van der Waals surface area contributed by atoms with Crippen molar-refractivity contribution in [1.29, 1.82) is 0 Å². The van der Waals surface area contributed by atoms with Crippen molar-refractivity contribution in [2.45, 2.75) is 13.5 Å². The number of hydrogen-bond donors (Lipinski definition) is 0. The molecule has 0 aliphatic carbocycles. The molecular weight excluding hydrogens is 354 g/mol. The Morgan fingerprint density at radius 3 is 2.61 bits per heavy atom. The third-order valence-electron chi connectivity index (χ3n) is 5.06. The van der Waals surface area contributed by atoms with Crippen molar-refractivity contribution in [2.75, 3.05) is 50.1 Å². The maximum atomic E-state index is 12.8. The van der Waals surface area contributed by atoms with Crippen LogP contribution in [0.1, 0.15) is 5.82 Å². The van der Waals surface area contributed by atoms with Gasteiger partial charge >= 0.3 is 0 Å². The highest BCUT2D eigenvalue weighted by atomic mass is 16.2. The summed E-state index contributed by atoms with van der Waals surface area (Å²) in [6, 6.07) is 9.88. The second kappa shape index (κ2) is 7.46. The first kappa shape index (κ1) is 18.2. The van der Waals surface area contributed by atoms with E-state index >= 15 is 0 Å². The summed E-state index contributed by atoms with van der Waals surface area (Å²) in [5.41, 5.74) is 1.90. The van der Waals surface area contributed by atoms with Crippen molar-refractivity contribution in [3.8, 4) is 0 Å². The van der Waals surface area contributed by atoms with Crippen LogP contribution in [0.15, 0.2) is 36.7 Å². The van der Waals surface area contributed by atoms with Gasteiger partial charge in [0.15, 0.2) is 0 Å². The Bertz CT molecular complexity index is 989. The predicted molar refractivity (Wildman–Crippen MR) is 110 cm³/mol. The summed E-state index contributed by atoms with van der Waals surface area (Å²) in [4.78, 5) is 32.3. The van der Waals surface area contributed by atoms with Crippen LogP contribution in [-0.4, -0.2) is 70.6 Å². The summed E-state index contributed by atoms with van der Waals surface area (Å²) < 4.78 is 1.92. The highest BCUT2D eigenvalue weighted by molar-refractivity contribution is 5.80. The van der Waals surface area contributed by atoms with Crippen LogP contribution in [0, 0.1) is 6.92 Å². The zero-order valence-electron chi connectivity index (χ0n) is 16.5. The molecule has 4 rings (SSSR count). The van der Waals surface area contributed by atoms with Crippen molar-refractivity contribution in [3.05, 3.63) is 42.5 Å². The average Bonchev–Trinajstić information content (AvgIpc) is 3.10. The molecule has 146 valence electrons. The Hall–Kier alpha value is -3.16. The van der Waals surface area contributed by atoms with Crippen LogP contribution in [0.2, 0.25) is 0 Å².